The second kappa shape index (κ2) is 2.48. The van der Waals surface area contributed by atoms with Crippen LogP contribution in [0.1, 0.15) is 5.56 Å². The first kappa shape index (κ1) is 7.09. The van der Waals surface area contributed by atoms with Gasteiger partial charge >= 0.3 is 0 Å². The normalized spacial score (nSPS) is 19.8. The van der Waals surface area contributed by atoms with Crippen LogP contribution in [0.5, 0.6) is 0 Å². The van der Waals surface area contributed by atoms with Crippen LogP contribution in [-0.2, 0) is 11.2 Å². The molecule has 3 N–H and O–H groups in total. The number of nitrogens with zero attached hydrogens (tertiary/aromatic N) is 1. The van der Waals surface area contributed by atoms with Gasteiger partial charge in [0.15, 0.2) is 0 Å². The Morgan fingerprint density at radius 1 is 1.75 bits per heavy atom. The Morgan fingerprint density at radius 3 is 3.25 bits per heavy atom. The summed E-state index contributed by atoms with van der Waals surface area (Å²) in [7, 11) is 0. The largest absolute Gasteiger partial charge is 0.368 e. The molecule has 1 aliphatic heterocycles. The lowest BCUT2D eigenvalue weighted by Gasteiger charge is -2.03. The SMILES string of the molecule is NC(=O)C1Cc2cccnc2N1. The van der Waals surface area contributed by atoms with Gasteiger partial charge in [0.2, 0.25) is 5.91 Å². The van der Waals surface area contributed by atoms with E-state index in [1.54, 1.807) is 6.20 Å². The van der Waals surface area contributed by atoms with E-state index in [1.165, 1.54) is 0 Å². The molecule has 1 aromatic heterocycles. The van der Waals surface area contributed by atoms with Crippen LogP contribution in [0.3, 0.4) is 0 Å². The van der Waals surface area contributed by atoms with Crippen molar-refractivity contribution in [2.45, 2.75) is 12.5 Å². The molecule has 0 spiro atoms. The summed E-state index contributed by atoms with van der Waals surface area (Å²) in [5.41, 5.74) is 6.20. The van der Waals surface area contributed by atoms with Crippen molar-refractivity contribution in [2.75, 3.05) is 5.32 Å². The molecule has 12 heavy (non-hydrogen) atoms. The Morgan fingerprint density at radius 2 is 2.58 bits per heavy atom. The average molecular weight is 163 g/mol. The van der Waals surface area contributed by atoms with Crippen LogP contribution in [0, 0.1) is 0 Å². The summed E-state index contributed by atoms with van der Waals surface area (Å²) >= 11 is 0. The molecule has 0 fully saturated rings. The highest BCUT2D eigenvalue weighted by molar-refractivity contribution is 5.85. The molecule has 0 aromatic carbocycles. The van der Waals surface area contributed by atoms with E-state index < -0.39 is 0 Å². The zero-order chi connectivity index (χ0) is 8.55. The number of aromatic nitrogens is 1. The van der Waals surface area contributed by atoms with E-state index in [0.717, 1.165) is 11.4 Å². The lowest BCUT2D eigenvalue weighted by molar-refractivity contribution is -0.118. The summed E-state index contributed by atoms with van der Waals surface area (Å²) in [4.78, 5) is 14.9. The molecular formula is C8H9N3O. The van der Waals surface area contributed by atoms with Gasteiger partial charge in [0.25, 0.3) is 0 Å². The smallest absolute Gasteiger partial charge is 0.240 e. The van der Waals surface area contributed by atoms with Gasteiger partial charge in [-0.1, -0.05) is 6.07 Å². The van der Waals surface area contributed by atoms with Crippen molar-refractivity contribution in [1.29, 1.82) is 0 Å². The highest BCUT2D eigenvalue weighted by Gasteiger charge is 2.24. The van der Waals surface area contributed by atoms with E-state index in [9.17, 15) is 4.79 Å². The standard InChI is InChI=1S/C8H9N3O/c9-7(12)6-4-5-2-1-3-10-8(5)11-6/h1-3,6H,4H2,(H2,9,12)(H,10,11). The fraction of sp³-hybridized carbons (Fsp3) is 0.250. The maximum atomic E-state index is 10.8. The van der Waals surface area contributed by atoms with Gasteiger partial charge in [-0.25, -0.2) is 4.98 Å². The number of nitrogens with one attached hydrogen (secondary N) is 1. The number of pyridine rings is 1. The Balaban J connectivity index is 2.27. The maximum absolute atomic E-state index is 10.8. The van der Waals surface area contributed by atoms with Crippen LogP contribution in [0.15, 0.2) is 18.3 Å². The predicted octanol–water partition coefficient (Wildman–Crippen LogP) is -0.0965. The second-order valence-corrected chi connectivity index (χ2v) is 2.81. The summed E-state index contributed by atoms with van der Waals surface area (Å²) in [6.07, 6.45) is 2.34. The first-order valence-corrected chi connectivity index (χ1v) is 3.77. The molecule has 1 aliphatic rings. The lowest BCUT2D eigenvalue weighted by atomic mass is 10.1. The predicted molar refractivity (Wildman–Crippen MR) is 44.5 cm³/mol. The van der Waals surface area contributed by atoms with Gasteiger partial charge in [0.1, 0.15) is 11.9 Å². The minimum atomic E-state index is -0.326. The summed E-state index contributed by atoms with van der Waals surface area (Å²) in [5, 5.41) is 2.95. The lowest BCUT2D eigenvalue weighted by Crippen LogP contribution is -2.33. The highest BCUT2D eigenvalue weighted by atomic mass is 16.1. The van der Waals surface area contributed by atoms with Crippen LogP contribution in [0.25, 0.3) is 0 Å². The molecular weight excluding hydrogens is 154 g/mol. The van der Waals surface area contributed by atoms with Crippen LogP contribution >= 0.6 is 0 Å². The van der Waals surface area contributed by atoms with Gasteiger partial charge in [-0.3, -0.25) is 4.79 Å². The molecule has 0 saturated carbocycles. The van der Waals surface area contributed by atoms with Crippen molar-refractivity contribution in [1.82, 2.24) is 4.98 Å². The monoisotopic (exact) mass is 163 g/mol. The Hall–Kier alpha value is -1.58. The molecule has 0 radical (unpaired) electrons. The maximum Gasteiger partial charge on any atom is 0.240 e. The number of hydrogen-bond donors (Lipinski definition) is 2. The molecule has 1 aromatic rings. The van der Waals surface area contributed by atoms with Crippen molar-refractivity contribution in [2.24, 2.45) is 5.73 Å². The summed E-state index contributed by atoms with van der Waals surface area (Å²) < 4.78 is 0. The van der Waals surface area contributed by atoms with E-state index in [2.05, 4.69) is 10.3 Å². The third-order valence-electron chi connectivity index (χ3n) is 1.97. The minimum Gasteiger partial charge on any atom is -0.368 e. The third kappa shape index (κ3) is 1.01. The Bertz CT molecular complexity index is 299. The molecule has 0 saturated heterocycles. The van der Waals surface area contributed by atoms with Gasteiger partial charge in [-0.2, -0.15) is 0 Å². The highest BCUT2D eigenvalue weighted by Crippen LogP contribution is 2.21. The van der Waals surface area contributed by atoms with Crippen LogP contribution < -0.4 is 11.1 Å². The van der Waals surface area contributed by atoms with E-state index in [1.807, 2.05) is 12.1 Å². The van der Waals surface area contributed by atoms with E-state index >= 15 is 0 Å². The van der Waals surface area contributed by atoms with E-state index in [-0.39, 0.29) is 11.9 Å². The number of carbonyl (C=O) groups is 1. The third-order valence-corrected chi connectivity index (χ3v) is 1.97. The van der Waals surface area contributed by atoms with E-state index in [4.69, 9.17) is 5.73 Å². The Labute approximate surface area is 69.8 Å². The van der Waals surface area contributed by atoms with Crippen molar-refractivity contribution in [3.8, 4) is 0 Å². The topological polar surface area (TPSA) is 68.0 Å². The molecule has 4 nitrogen and oxygen atoms in total. The number of fused-ring (bicyclic) bond motifs is 1. The fourth-order valence-corrected chi connectivity index (χ4v) is 1.34. The molecule has 1 unspecified atom stereocenters. The Kier molecular flexibility index (Phi) is 1.46. The van der Waals surface area contributed by atoms with Crippen molar-refractivity contribution in [3.05, 3.63) is 23.9 Å². The van der Waals surface area contributed by atoms with Crippen LogP contribution in [0.4, 0.5) is 5.82 Å². The quantitative estimate of drug-likeness (QED) is 0.607. The molecule has 2 heterocycles. The number of carbonyl (C=O) groups excluding carboxylic acids is 1. The summed E-state index contributed by atoms with van der Waals surface area (Å²) in [6.45, 7) is 0. The molecule has 62 valence electrons. The number of rotatable bonds is 1. The van der Waals surface area contributed by atoms with Gasteiger partial charge < -0.3 is 11.1 Å². The first-order valence-electron chi connectivity index (χ1n) is 3.77. The minimum absolute atomic E-state index is 0.283. The number of nitrogens with two attached hydrogens (primary N) is 1. The molecule has 1 atom stereocenters. The van der Waals surface area contributed by atoms with Gasteiger partial charge in [-0.15, -0.1) is 0 Å². The van der Waals surface area contributed by atoms with Crippen molar-refractivity contribution in [3.63, 3.8) is 0 Å². The molecule has 1 amide bonds. The van der Waals surface area contributed by atoms with Crippen LogP contribution in [0.2, 0.25) is 0 Å². The molecule has 2 rings (SSSR count). The zero-order valence-electron chi connectivity index (χ0n) is 6.45. The number of hydrogen-bond acceptors (Lipinski definition) is 3. The molecule has 4 heteroatoms. The van der Waals surface area contributed by atoms with E-state index in [0.29, 0.717) is 6.42 Å². The first-order chi connectivity index (χ1) is 5.77. The zero-order valence-corrected chi connectivity index (χ0v) is 6.45. The average Bonchev–Trinajstić information content (AvgIpc) is 2.46. The molecule has 0 bridgehead atoms. The van der Waals surface area contributed by atoms with Gasteiger partial charge in [0, 0.05) is 12.6 Å². The van der Waals surface area contributed by atoms with Crippen molar-refractivity contribution >= 4 is 11.7 Å². The van der Waals surface area contributed by atoms with Crippen LogP contribution in [-0.4, -0.2) is 16.9 Å². The number of amides is 1. The fourth-order valence-electron chi connectivity index (χ4n) is 1.34. The van der Waals surface area contributed by atoms with Gasteiger partial charge in [0.05, 0.1) is 0 Å². The number of anilines is 1. The molecule has 0 aliphatic carbocycles. The van der Waals surface area contributed by atoms with Crippen molar-refractivity contribution < 1.29 is 4.79 Å². The summed E-state index contributed by atoms with van der Waals surface area (Å²) in [5.74, 6) is 0.453. The summed E-state index contributed by atoms with van der Waals surface area (Å²) in [6, 6.07) is 3.51. The second-order valence-electron chi connectivity index (χ2n) is 2.81. The van der Waals surface area contributed by atoms with Gasteiger partial charge in [-0.05, 0) is 11.6 Å². The number of primary amides is 1.